The molecular formula is C13H16F3NO3. The first-order valence-corrected chi connectivity index (χ1v) is 5.95. The van der Waals surface area contributed by atoms with E-state index in [0.29, 0.717) is 24.2 Å². The second-order valence-electron chi connectivity index (χ2n) is 4.22. The summed E-state index contributed by atoms with van der Waals surface area (Å²) in [7, 11) is 1.53. The zero-order chi connectivity index (χ0) is 15.2. The number of carbonyl (C=O) groups excluding carboxylic acids is 1. The molecule has 0 saturated heterocycles. The van der Waals surface area contributed by atoms with Crippen molar-refractivity contribution < 1.29 is 27.8 Å². The number of halogens is 3. The number of hydrogen-bond donors (Lipinski definition) is 2. The van der Waals surface area contributed by atoms with E-state index in [0.717, 1.165) is 0 Å². The largest absolute Gasteiger partial charge is 0.471 e. The first kappa shape index (κ1) is 16.5. The van der Waals surface area contributed by atoms with Gasteiger partial charge in [0.25, 0.3) is 0 Å². The van der Waals surface area contributed by atoms with Crippen molar-refractivity contribution in [2.24, 2.45) is 0 Å². The highest BCUT2D eigenvalue weighted by Gasteiger charge is 2.38. The van der Waals surface area contributed by atoms with Crippen molar-refractivity contribution in [3.63, 3.8) is 0 Å². The number of nitrogens with one attached hydrogen (secondary N) is 1. The van der Waals surface area contributed by atoms with Gasteiger partial charge in [-0.05, 0) is 11.1 Å². The number of amides is 1. The third-order valence-electron chi connectivity index (χ3n) is 2.67. The van der Waals surface area contributed by atoms with E-state index < -0.39 is 18.2 Å². The van der Waals surface area contributed by atoms with E-state index >= 15 is 0 Å². The minimum atomic E-state index is -4.88. The molecule has 20 heavy (non-hydrogen) atoms. The highest BCUT2D eigenvalue weighted by molar-refractivity contribution is 5.81. The Labute approximate surface area is 114 Å². The summed E-state index contributed by atoms with van der Waals surface area (Å²) in [5, 5.41) is 11.5. The number of carbonyl (C=O) groups is 1. The molecule has 1 amide bonds. The normalized spacial score (nSPS) is 13.1. The first-order chi connectivity index (χ1) is 9.34. The van der Waals surface area contributed by atoms with Crippen LogP contribution in [0, 0.1) is 0 Å². The Morgan fingerprint density at radius 3 is 2.45 bits per heavy atom. The average Bonchev–Trinajstić information content (AvgIpc) is 2.41. The van der Waals surface area contributed by atoms with Crippen LogP contribution in [-0.4, -0.2) is 30.9 Å². The molecule has 0 aliphatic rings. The van der Waals surface area contributed by atoms with Gasteiger partial charge in [0.05, 0.1) is 6.10 Å². The van der Waals surface area contributed by atoms with Gasteiger partial charge in [-0.2, -0.15) is 13.2 Å². The maximum atomic E-state index is 12.0. The number of ether oxygens (including phenoxy) is 1. The molecule has 4 nitrogen and oxygen atoms in total. The number of methoxy groups -OCH3 is 1. The fraction of sp³-hybridized carbons (Fsp3) is 0.462. The molecule has 0 heterocycles. The number of aliphatic hydroxyl groups is 1. The molecule has 0 radical (unpaired) electrons. The molecule has 1 aromatic carbocycles. The van der Waals surface area contributed by atoms with Gasteiger partial charge < -0.3 is 15.2 Å². The fourth-order valence-electron chi connectivity index (χ4n) is 1.54. The van der Waals surface area contributed by atoms with E-state index in [-0.39, 0.29) is 6.54 Å². The molecule has 7 heteroatoms. The number of alkyl halides is 3. The molecule has 0 saturated carbocycles. The molecule has 0 spiro atoms. The zero-order valence-electron chi connectivity index (χ0n) is 10.9. The molecule has 1 aromatic rings. The smallest absolute Gasteiger partial charge is 0.388 e. The van der Waals surface area contributed by atoms with Crippen molar-refractivity contribution in [3.8, 4) is 0 Å². The van der Waals surface area contributed by atoms with Crippen LogP contribution in [0.3, 0.4) is 0 Å². The van der Waals surface area contributed by atoms with E-state index in [1.54, 1.807) is 29.6 Å². The quantitative estimate of drug-likeness (QED) is 0.842. The van der Waals surface area contributed by atoms with Crippen LogP contribution >= 0.6 is 0 Å². The minimum Gasteiger partial charge on any atom is -0.388 e. The summed E-state index contributed by atoms with van der Waals surface area (Å²) in [6.45, 7) is 0.192. The van der Waals surface area contributed by atoms with Crippen LogP contribution < -0.4 is 5.32 Å². The lowest BCUT2D eigenvalue weighted by Crippen LogP contribution is -2.36. The lowest BCUT2D eigenvalue weighted by atomic mass is 10.0. The van der Waals surface area contributed by atoms with Crippen LogP contribution in [0.15, 0.2) is 24.3 Å². The van der Waals surface area contributed by atoms with Crippen LogP contribution in [0.5, 0.6) is 0 Å². The Morgan fingerprint density at radius 2 is 1.95 bits per heavy atom. The SMILES string of the molecule is COCCC(O)c1ccc(CNC(=O)C(F)(F)F)cc1. The van der Waals surface area contributed by atoms with Gasteiger partial charge in [-0.3, -0.25) is 4.79 Å². The molecule has 0 aromatic heterocycles. The molecule has 0 fully saturated rings. The Balaban J connectivity index is 2.52. The molecule has 1 atom stereocenters. The summed E-state index contributed by atoms with van der Waals surface area (Å²) >= 11 is 0. The van der Waals surface area contributed by atoms with Gasteiger partial charge in [-0.1, -0.05) is 24.3 Å². The Kier molecular flexibility index (Phi) is 5.97. The second-order valence-corrected chi connectivity index (χ2v) is 4.22. The molecule has 2 N–H and O–H groups in total. The number of hydrogen-bond acceptors (Lipinski definition) is 3. The monoisotopic (exact) mass is 291 g/mol. The van der Waals surface area contributed by atoms with Crippen molar-refractivity contribution in [1.29, 1.82) is 0 Å². The first-order valence-electron chi connectivity index (χ1n) is 5.95. The third-order valence-corrected chi connectivity index (χ3v) is 2.67. The highest BCUT2D eigenvalue weighted by atomic mass is 19.4. The molecule has 112 valence electrons. The molecule has 0 aliphatic heterocycles. The zero-order valence-corrected chi connectivity index (χ0v) is 10.9. The van der Waals surface area contributed by atoms with Crippen LogP contribution in [0.1, 0.15) is 23.7 Å². The van der Waals surface area contributed by atoms with Gasteiger partial charge in [0.15, 0.2) is 0 Å². The summed E-state index contributed by atoms with van der Waals surface area (Å²) in [6.07, 6.45) is -5.13. The van der Waals surface area contributed by atoms with Gasteiger partial charge >= 0.3 is 12.1 Å². The van der Waals surface area contributed by atoms with Crippen molar-refractivity contribution in [1.82, 2.24) is 5.32 Å². The van der Waals surface area contributed by atoms with Gasteiger partial charge in [-0.15, -0.1) is 0 Å². The van der Waals surface area contributed by atoms with Crippen LogP contribution in [-0.2, 0) is 16.1 Å². The number of benzene rings is 1. The Bertz CT molecular complexity index is 431. The van der Waals surface area contributed by atoms with E-state index in [1.807, 2.05) is 0 Å². The summed E-state index contributed by atoms with van der Waals surface area (Å²) in [6, 6.07) is 6.33. The van der Waals surface area contributed by atoms with Gasteiger partial charge in [0.2, 0.25) is 0 Å². The summed E-state index contributed by atoms with van der Waals surface area (Å²) in [5.74, 6) is -1.97. The molecule has 0 aliphatic carbocycles. The molecule has 1 unspecified atom stereocenters. The van der Waals surface area contributed by atoms with Crippen molar-refractivity contribution in [2.75, 3.05) is 13.7 Å². The number of aliphatic hydroxyl groups excluding tert-OH is 1. The predicted molar refractivity (Wildman–Crippen MR) is 65.8 cm³/mol. The number of rotatable bonds is 6. The van der Waals surface area contributed by atoms with E-state index in [1.165, 1.54) is 7.11 Å². The molecule has 1 rings (SSSR count). The fourth-order valence-corrected chi connectivity index (χ4v) is 1.54. The van der Waals surface area contributed by atoms with Crippen LogP contribution in [0.4, 0.5) is 13.2 Å². The van der Waals surface area contributed by atoms with Crippen molar-refractivity contribution in [3.05, 3.63) is 35.4 Å². The average molecular weight is 291 g/mol. The van der Waals surface area contributed by atoms with Crippen LogP contribution in [0.2, 0.25) is 0 Å². The molecule has 0 bridgehead atoms. The van der Waals surface area contributed by atoms with Gasteiger partial charge in [0.1, 0.15) is 0 Å². The summed E-state index contributed by atoms with van der Waals surface area (Å²) in [4.78, 5) is 10.6. The molecular weight excluding hydrogens is 275 g/mol. The predicted octanol–water partition coefficient (Wildman–Crippen LogP) is 1.93. The Morgan fingerprint density at radius 1 is 1.35 bits per heavy atom. The van der Waals surface area contributed by atoms with E-state index in [2.05, 4.69) is 0 Å². The lowest BCUT2D eigenvalue weighted by Gasteiger charge is -2.12. The topological polar surface area (TPSA) is 58.6 Å². The maximum absolute atomic E-state index is 12.0. The summed E-state index contributed by atoms with van der Waals surface area (Å²) in [5.41, 5.74) is 1.17. The van der Waals surface area contributed by atoms with E-state index in [9.17, 15) is 23.1 Å². The maximum Gasteiger partial charge on any atom is 0.471 e. The standard InChI is InChI=1S/C13H16F3NO3/c1-20-7-6-11(18)10-4-2-9(3-5-10)8-17-12(19)13(14,15)16/h2-5,11,18H,6-8H2,1H3,(H,17,19). The van der Waals surface area contributed by atoms with Gasteiger partial charge in [0, 0.05) is 26.7 Å². The Hall–Kier alpha value is -1.60. The highest BCUT2D eigenvalue weighted by Crippen LogP contribution is 2.18. The van der Waals surface area contributed by atoms with Crippen molar-refractivity contribution in [2.45, 2.75) is 25.2 Å². The van der Waals surface area contributed by atoms with Gasteiger partial charge in [-0.25, -0.2) is 0 Å². The third kappa shape index (κ3) is 5.18. The second kappa shape index (κ2) is 7.25. The minimum absolute atomic E-state index is 0.215. The van der Waals surface area contributed by atoms with E-state index in [4.69, 9.17) is 4.74 Å². The lowest BCUT2D eigenvalue weighted by molar-refractivity contribution is -0.173. The summed E-state index contributed by atoms with van der Waals surface area (Å²) < 4.78 is 40.8. The van der Waals surface area contributed by atoms with Crippen LogP contribution in [0.25, 0.3) is 0 Å². The van der Waals surface area contributed by atoms with Crippen molar-refractivity contribution >= 4 is 5.91 Å².